The predicted molar refractivity (Wildman–Crippen MR) is 67.2 cm³/mol. The third kappa shape index (κ3) is 2.05. The van der Waals surface area contributed by atoms with Gasteiger partial charge in [0.1, 0.15) is 5.92 Å². The number of rotatable bonds is 4. The second-order valence-electron chi connectivity index (χ2n) is 6.11. The maximum Gasteiger partial charge on any atom is 0.311 e. The van der Waals surface area contributed by atoms with Gasteiger partial charge >= 0.3 is 5.97 Å². The molecule has 0 aromatic carbocycles. The van der Waals surface area contributed by atoms with E-state index in [0.29, 0.717) is 12.3 Å². The van der Waals surface area contributed by atoms with Gasteiger partial charge in [-0.25, -0.2) is 0 Å². The number of hydrogen-bond acceptors (Lipinski definition) is 5. The van der Waals surface area contributed by atoms with Crippen LogP contribution in [0.25, 0.3) is 0 Å². The quantitative estimate of drug-likeness (QED) is 0.456. The zero-order valence-electron chi connectivity index (χ0n) is 11.3. The molecule has 0 aromatic heterocycles. The summed E-state index contributed by atoms with van der Waals surface area (Å²) >= 11 is 0. The van der Waals surface area contributed by atoms with Crippen molar-refractivity contribution in [3.05, 3.63) is 10.1 Å². The molecule has 3 rings (SSSR count). The molecule has 7 heteroatoms. The lowest BCUT2D eigenvalue weighted by Gasteiger charge is -2.29. The van der Waals surface area contributed by atoms with Gasteiger partial charge in [-0.05, 0) is 31.1 Å². The Morgan fingerprint density at radius 1 is 1.25 bits per heavy atom. The van der Waals surface area contributed by atoms with E-state index in [1.165, 1.54) is 7.11 Å². The monoisotopic (exact) mass is 282 g/mol. The first-order valence-electron chi connectivity index (χ1n) is 7.04. The molecule has 1 N–H and O–H groups in total. The Bertz CT molecular complexity index is 466. The summed E-state index contributed by atoms with van der Waals surface area (Å²) < 4.78 is 4.84. The molecule has 3 aliphatic carbocycles. The van der Waals surface area contributed by atoms with Gasteiger partial charge in [0.05, 0.1) is 13.0 Å². The Hall–Kier alpha value is -1.66. The fourth-order valence-corrected chi connectivity index (χ4v) is 3.94. The molecule has 3 fully saturated rings. The molecule has 20 heavy (non-hydrogen) atoms. The number of amides is 1. The predicted octanol–water partition coefficient (Wildman–Crippen LogP) is 0.355. The van der Waals surface area contributed by atoms with Gasteiger partial charge < -0.3 is 10.1 Å². The largest absolute Gasteiger partial charge is 0.469 e. The number of nitro groups is 1. The smallest absolute Gasteiger partial charge is 0.311 e. The van der Waals surface area contributed by atoms with Crippen LogP contribution in [-0.4, -0.2) is 36.0 Å². The Labute approximate surface area is 116 Å². The van der Waals surface area contributed by atoms with E-state index in [-0.39, 0.29) is 29.8 Å². The van der Waals surface area contributed by atoms with Crippen molar-refractivity contribution >= 4 is 11.9 Å². The minimum atomic E-state index is -0.745. The Morgan fingerprint density at radius 2 is 1.95 bits per heavy atom. The molecular formula is C13H18N2O5. The van der Waals surface area contributed by atoms with E-state index in [9.17, 15) is 19.7 Å². The lowest BCUT2D eigenvalue weighted by atomic mass is 9.84. The van der Waals surface area contributed by atoms with Crippen LogP contribution in [0, 0.1) is 33.8 Å². The van der Waals surface area contributed by atoms with E-state index in [0.717, 1.165) is 19.3 Å². The van der Waals surface area contributed by atoms with E-state index in [4.69, 9.17) is 4.74 Å². The molecule has 0 unspecified atom stereocenters. The number of nitrogens with one attached hydrogen (secondary N) is 1. The summed E-state index contributed by atoms with van der Waals surface area (Å²) in [7, 11) is 1.36. The molecule has 0 aliphatic heterocycles. The molecular weight excluding hydrogens is 264 g/mol. The summed E-state index contributed by atoms with van der Waals surface area (Å²) in [5.41, 5.74) is 0. The average Bonchev–Trinajstić information content (AvgIpc) is 3.00. The Balaban J connectivity index is 1.65. The number of nitrogens with zero attached hydrogens (tertiary/aromatic N) is 1. The lowest BCUT2D eigenvalue weighted by Crippen LogP contribution is -2.48. The fraction of sp³-hybridized carbons (Fsp3) is 0.846. The van der Waals surface area contributed by atoms with Crippen molar-refractivity contribution in [1.82, 2.24) is 5.32 Å². The van der Waals surface area contributed by atoms with Gasteiger partial charge in [0.25, 0.3) is 0 Å². The van der Waals surface area contributed by atoms with Crippen molar-refractivity contribution in [1.29, 1.82) is 0 Å². The van der Waals surface area contributed by atoms with Crippen LogP contribution in [0.4, 0.5) is 0 Å². The van der Waals surface area contributed by atoms with Crippen LogP contribution in [0.2, 0.25) is 0 Å². The minimum Gasteiger partial charge on any atom is -0.469 e. The maximum absolute atomic E-state index is 12.0. The molecule has 2 bridgehead atoms. The molecule has 7 nitrogen and oxygen atoms in total. The van der Waals surface area contributed by atoms with Crippen LogP contribution in [-0.2, 0) is 14.3 Å². The van der Waals surface area contributed by atoms with Crippen molar-refractivity contribution < 1.29 is 19.2 Å². The molecule has 6 atom stereocenters. The van der Waals surface area contributed by atoms with E-state index in [1.807, 2.05) is 0 Å². The van der Waals surface area contributed by atoms with Crippen molar-refractivity contribution in [2.75, 3.05) is 7.11 Å². The summed E-state index contributed by atoms with van der Waals surface area (Å²) in [6, 6.07) is -0.952. The zero-order chi connectivity index (χ0) is 14.4. The first kappa shape index (κ1) is 13.3. The molecule has 3 aliphatic rings. The standard InChI is InChI=1S/C13H18N2O5/c1-20-13(17)10-6-2-3-7(4-6)11(10)14-12(16)8-5-9(8)15(18)19/h6-11H,2-5H2,1H3,(H,14,16)/t6-,7-,8-,9+,10+,11-/m0/s1. The number of carbonyl (C=O) groups excluding carboxylic acids is 2. The van der Waals surface area contributed by atoms with Crippen LogP contribution in [0.3, 0.4) is 0 Å². The number of hydrogen-bond donors (Lipinski definition) is 1. The van der Waals surface area contributed by atoms with E-state index < -0.39 is 16.9 Å². The molecule has 0 spiro atoms. The highest BCUT2D eigenvalue weighted by Crippen LogP contribution is 2.49. The van der Waals surface area contributed by atoms with Gasteiger partial charge in [-0.3, -0.25) is 19.7 Å². The fourth-order valence-electron chi connectivity index (χ4n) is 3.94. The van der Waals surface area contributed by atoms with Crippen LogP contribution in [0.1, 0.15) is 25.7 Å². The highest BCUT2D eigenvalue weighted by Gasteiger charge is 2.57. The number of methoxy groups -OCH3 is 1. The van der Waals surface area contributed by atoms with Crippen LogP contribution in [0.5, 0.6) is 0 Å². The normalized spacial score (nSPS) is 41.2. The molecule has 0 heterocycles. The second kappa shape index (κ2) is 4.71. The van der Waals surface area contributed by atoms with Crippen LogP contribution < -0.4 is 5.32 Å². The number of ether oxygens (including phenoxy) is 1. The van der Waals surface area contributed by atoms with Gasteiger partial charge in [0.15, 0.2) is 0 Å². The minimum absolute atomic E-state index is 0.207. The molecule has 3 saturated carbocycles. The van der Waals surface area contributed by atoms with E-state index >= 15 is 0 Å². The van der Waals surface area contributed by atoms with E-state index in [2.05, 4.69) is 5.32 Å². The van der Waals surface area contributed by atoms with Crippen molar-refractivity contribution in [3.63, 3.8) is 0 Å². The zero-order valence-corrected chi connectivity index (χ0v) is 11.3. The Kier molecular flexibility index (Phi) is 3.14. The van der Waals surface area contributed by atoms with Crippen molar-refractivity contribution in [2.24, 2.45) is 23.7 Å². The first-order valence-corrected chi connectivity index (χ1v) is 7.04. The lowest BCUT2D eigenvalue weighted by molar-refractivity contribution is -0.497. The van der Waals surface area contributed by atoms with Crippen LogP contribution >= 0.6 is 0 Å². The summed E-state index contributed by atoms with van der Waals surface area (Å²) in [5, 5.41) is 13.5. The summed E-state index contributed by atoms with van der Waals surface area (Å²) in [6.07, 6.45) is 3.25. The topological polar surface area (TPSA) is 98.5 Å². The number of esters is 1. The van der Waals surface area contributed by atoms with Crippen molar-refractivity contribution in [2.45, 2.75) is 37.8 Å². The number of fused-ring (bicyclic) bond motifs is 2. The maximum atomic E-state index is 12.0. The molecule has 0 saturated heterocycles. The highest BCUT2D eigenvalue weighted by atomic mass is 16.6. The third-order valence-corrected chi connectivity index (χ3v) is 5.06. The SMILES string of the molecule is COC(=O)[C@@H]1[C@H]2CC[C@@H](C2)[C@@H]1NC(=O)[C@H]1C[C@H]1[N+](=O)[O-]. The van der Waals surface area contributed by atoms with Gasteiger partial charge in [-0.1, -0.05) is 0 Å². The van der Waals surface area contributed by atoms with Gasteiger partial charge in [0.2, 0.25) is 11.9 Å². The van der Waals surface area contributed by atoms with E-state index in [1.54, 1.807) is 0 Å². The molecule has 0 aromatic rings. The summed E-state index contributed by atoms with van der Waals surface area (Å²) in [6.45, 7) is 0. The van der Waals surface area contributed by atoms with Gasteiger partial charge in [-0.2, -0.15) is 0 Å². The number of carbonyl (C=O) groups is 2. The van der Waals surface area contributed by atoms with Gasteiger partial charge in [0, 0.05) is 17.4 Å². The molecule has 110 valence electrons. The second-order valence-corrected chi connectivity index (χ2v) is 6.11. The van der Waals surface area contributed by atoms with Gasteiger partial charge in [-0.15, -0.1) is 0 Å². The Morgan fingerprint density at radius 3 is 2.55 bits per heavy atom. The third-order valence-electron chi connectivity index (χ3n) is 5.06. The molecule has 0 radical (unpaired) electrons. The summed E-state index contributed by atoms with van der Waals surface area (Å²) in [4.78, 5) is 34.1. The molecule has 1 amide bonds. The first-order chi connectivity index (χ1) is 9.52. The summed E-state index contributed by atoms with van der Waals surface area (Å²) in [5.74, 6) is -0.774. The highest BCUT2D eigenvalue weighted by molar-refractivity contribution is 5.83. The van der Waals surface area contributed by atoms with Crippen molar-refractivity contribution in [3.8, 4) is 0 Å². The van der Waals surface area contributed by atoms with Crippen LogP contribution in [0.15, 0.2) is 0 Å². The average molecular weight is 282 g/mol.